The van der Waals surface area contributed by atoms with Crippen LogP contribution in [-0.2, 0) is 17.2 Å². The number of aliphatic imine (C=N–C) groups is 1. The molecule has 0 saturated heterocycles. The van der Waals surface area contributed by atoms with Crippen molar-refractivity contribution in [3.05, 3.63) is 41.8 Å². The molecule has 1 fully saturated rings. The highest BCUT2D eigenvalue weighted by molar-refractivity contribution is 14.0. The standard InChI is InChI=1S/C23H34N4O2S.HI/c1-4-24-23(27-19-7-6-8-21(15-19)30(28)5-2)25-14-13-20-16-29-22(26-20)18-11-9-17(3)10-12-18;/h9-12,16,19,21H,4-8,13-15H2,1-3H3,(H2,24,25,27);1H. The third-order valence-corrected chi connectivity index (χ3v) is 7.20. The molecule has 8 heteroatoms. The molecule has 1 heterocycles. The molecule has 3 unspecified atom stereocenters. The second kappa shape index (κ2) is 13.2. The number of oxazole rings is 1. The van der Waals surface area contributed by atoms with Gasteiger partial charge in [0.15, 0.2) is 5.96 Å². The summed E-state index contributed by atoms with van der Waals surface area (Å²) in [4.78, 5) is 9.32. The monoisotopic (exact) mass is 558 g/mol. The Morgan fingerprint density at radius 2 is 2.03 bits per heavy atom. The van der Waals surface area contributed by atoms with Crippen LogP contribution < -0.4 is 10.6 Å². The molecule has 1 saturated carbocycles. The van der Waals surface area contributed by atoms with Crippen LogP contribution >= 0.6 is 24.0 Å². The predicted molar refractivity (Wildman–Crippen MR) is 140 cm³/mol. The number of nitrogens with zero attached hydrogens (tertiary/aromatic N) is 2. The summed E-state index contributed by atoms with van der Waals surface area (Å²) in [6.07, 6.45) is 6.69. The van der Waals surface area contributed by atoms with Crippen LogP contribution in [0.2, 0.25) is 0 Å². The average molecular weight is 559 g/mol. The lowest BCUT2D eigenvalue weighted by Gasteiger charge is -2.30. The summed E-state index contributed by atoms with van der Waals surface area (Å²) in [5.41, 5.74) is 3.11. The summed E-state index contributed by atoms with van der Waals surface area (Å²) in [6, 6.07) is 8.50. The van der Waals surface area contributed by atoms with Gasteiger partial charge in [0.1, 0.15) is 6.26 Å². The molecule has 0 spiro atoms. The van der Waals surface area contributed by atoms with E-state index in [1.807, 2.05) is 19.1 Å². The molecule has 3 rings (SSSR count). The fourth-order valence-corrected chi connectivity index (χ4v) is 5.14. The van der Waals surface area contributed by atoms with Gasteiger partial charge in [0, 0.05) is 52.9 Å². The van der Waals surface area contributed by atoms with Gasteiger partial charge in [-0.3, -0.25) is 9.20 Å². The molecule has 3 atom stereocenters. The van der Waals surface area contributed by atoms with E-state index in [1.165, 1.54) is 5.56 Å². The van der Waals surface area contributed by atoms with E-state index in [4.69, 9.17) is 9.41 Å². The maximum atomic E-state index is 12.2. The SMILES string of the molecule is CCNC(=NCCc1coc(-c2ccc(C)cc2)n1)NC1CCCC(S(=O)CC)C1.I. The number of guanidine groups is 1. The van der Waals surface area contributed by atoms with Crippen molar-refractivity contribution in [2.45, 2.75) is 64.2 Å². The molecule has 2 aromatic rings. The summed E-state index contributed by atoms with van der Waals surface area (Å²) in [5, 5.41) is 7.18. The molecule has 0 amide bonds. The molecular weight excluding hydrogens is 523 g/mol. The Bertz CT molecular complexity index is 854. The van der Waals surface area contributed by atoms with E-state index in [2.05, 4.69) is 41.6 Å². The normalized spacial score (nSPS) is 20.0. The van der Waals surface area contributed by atoms with Crippen molar-refractivity contribution in [2.75, 3.05) is 18.8 Å². The van der Waals surface area contributed by atoms with E-state index in [1.54, 1.807) is 6.26 Å². The number of hydrogen-bond acceptors (Lipinski definition) is 4. The van der Waals surface area contributed by atoms with Crippen LogP contribution in [0.3, 0.4) is 0 Å². The van der Waals surface area contributed by atoms with E-state index in [9.17, 15) is 4.21 Å². The first-order valence-electron chi connectivity index (χ1n) is 11.0. The molecule has 0 radical (unpaired) electrons. The van der Waals surface area contributed by atoms with Gasteiger partial charge in [0.05, 0.1) is 5.69 Å². The molecular formula is C23H35IN4O2S. The third kappa shape index (κ3) is 7.89. The zero-order chi connectivity index (χ0) is 21.3. The Labute approximate surface area is 205 Å². The van der Waals surface area contributed by atoms with Crippen LogP contribution in [0.4, 0.5) is 0 Å². The van der Waals surface area contributed by atoms with Gasteiger partial charge in [-0.05, 0) is 45.2 Å². The topological polar surface area (TPSA) is 79.5 Å². The quantitative estimate of drug-likeness (QED) is 0.285. The molecule has 1 aliphatic rings. The highest BCUT2D eigenvalue weighted by atomic mass is 127. The Morgan fingerprint density at radius 3 is 2.74 bits per heavy atom. The average Bonchev–Trinajstić information content (AvgIpc) is 3.23. The largest absolute Gasteiger partial charge is 0.444 e. The number of nitrogens with one attached hydrogen (secondary N) is 2. The third-order valence-electron chi connectivity index (χ3n) is 5.46. The molecule has 1 aromatic carbocycles. The second-order valence-corrected chi connectivity index (χ2v) is 9.83. The van der Waals surface area contributed by atoms with Crippen LogP contribution in [0, 0.1) is 6.92 Å². The maximum Gasteiger partial charge on any atom is 0.226 e. The minimum Gasteiger partial charge on any atom is -0.444 e. The highest BCUT2D eigenvalue weighted by Gasteiger charge is 2.26. The van der Waals surface area contributed by atoms with Crippen LogP contribution in [0.25, 0.3) is 11.5 Å². The Morgan fingerprint density at radius 1 is 1.26 bits per heavy atom. The van der Waals surface area contributed by atoms with Crippen LogP contribution in [0.5, 0.6) is 0 Å². The van der Waals surface area contributed by atoms with Crippen molar-refractivity contribution in [3.8, 4) is 11.5 Å². The zero-order valence-corrected chi connectivity index (χ0v) is 21.9. The molecule has 1 aromatic heterocycles. The van der Waals surface area contributed by atoms with Gasteiger partial charge in [-0.1, -0.05) is 31.0 Å². The van der Waals surface area contributed by atoms with Gasteiger partial charge in [-0.25, -0.2) is 4.98 Å². The Hall–Kier alpha value is -1.42. The number of halogens is 1. The molecule has 0 bridgehead atoms. The summed E-state index contributed by atoms with van der Waals surface area (Å²) in [5.74, 6) is 2.22. The van der Waals surface area contributed by atoms with Crippen molar-refractivity contribution < 1.29 is 8.63 Å². The molecule has 1 aliphatic carbocycles. The summed E-state index contributed by atoms with van der Waals surface area (Å²) in [6.45, 7) is 7.58. The second-order valence-electron chi connectivity index (χ2n) is 7.82. The smallest absolute Gasteiger partial charge is 0.226 e. The summed E-state index contributed by atoms with van der Waals surface area (Å²) >= 11 is 0. The van der Waals surface area contributed by atoms with E-state index >= 15 is 0 Å². The summed E-state index contributed by atoms with van der Waals surface area (Å²) < 4.78 is 17.8. The van der Waals surface area contributed by atoms with Gasteiger partial charge in [-0.15, -0.1) is 24.0 Å². The number of aryl methyl sites for hydroxylation is 1. The van der Waals surface area contributed by atoms with Crippen molar-refractivity contribution in [3.63, 3.8) is 0 Å². The predicted octanol–water partition coefficient (Wildman–Crippen LogP) is 4.45. The number of rotatable bonds is 8. The van der Waals surface area contributed by atoms with E-state index in [-0.39, 0.29) is 24.0 Å². The number of hydrogen-bond donors (Lipinski definition) is 2. The minimum atomic E-state index is -0.717. The van der Waals surface area contributed by atoms with Crippen molar-refractivity contribution >= 4 is 40.7 Å². The first-order valence-corrected chi connectivity index (χ1v) is 12.4. The first-order chi connectivity index (χ1) is 14.6. The highest BCUT2D eigenvalue weighted by Crippen LogP contribution is 2.23. The zero-order valence-electron chi connectivity index (χ0n) is 18.7. The van der Waals surface area contributed by atoms with E-state index in [0.717, 1.165) is 61.6 Å². The van der Waals surface area contributed by atoms with E-state index < -0.39 is 10.8 Å². The van der Waals surface area contributed by atoms with Crippen molar-refractivity contribution in [1.82, 2.24) is 15.6 Å². The Kier molecular flexibility index (Phi) is 11.0. The molecule has 0 aliphatic heterocycles. The molecule has 6 nitrogen and oxygen atoms in total. The molecule has 2 N–H and O–H groups in total. The van der Waals surface area contributed by atoms with E-state index in [0.29, 0.717) is 23.7 Å². The minimum absolute atomic E-state index is 0. The first kappa shape index (κ1) is 25.8. The van der Waals surface area contributed by atoms with Crippen LogP contribution in [-0.4, -0.2) is 45.3 Å². The van der Waals surface area contributed by atoms with Gasteiger partial charge in [0.2, 0.25) is 5.89 Å². The van der Waals surface area contributed by atoms with Gasteiger partial charge < -0.3 is 15.1 Å². The summed E-state index contributed by atoms with van der Waals surface area (Å²) in [7, 11) is -0.717. The van der Waals surface area contributed by atoms with Crippen LogP contribution in [0.1, 0.15) is 50.8 Å². The lowest BCUT2D eigenvalue weighted by atomic mass is 9.95. The van der Waals surface area contributed by atoms with Gasteiger partial charge in [0.25, 0.3) is 0 Å². The number of aromatic nitrogens is 1. The lowest BCUT2D eigenvalue weighted by molar-refractivity contribution is 0.413. The maximum absolute atomic E-state index is 12.2. The van der Waals surface area contributed by atoms with Gasteiger partial charge in [-0.2, -0.15) is 0 Å². The molecule has 31 heavy (non-hydrogen) atoms. The molecule has 172 valence electrons. The fourth-order valence-electron chi connectivity index (χ4n) is 3.80. The van der Waals surface area contributed by atoms with Crippen molar-refractivity contribution in [2.24, 2.45) is 4.99 Å². The van der Waals surface area contributed by atoms with Crippen LogP contribution in [0.15, 0.2) is 39.9 Å². The van der Waals surface area contributed by atoms with Gasteiger partial charge >= 0.3 is 0 Å². The fraction of sp³-hybridized carbons (Fsp3) is 0.565. The lowest BCUT2D eigenvalue weighted by Crippen LogP contribution is -2.46. The van der Waals surface area contributed by atoms with Crippen molar-refractivity contribution in [1.29, 1.82) is 0 Å². The Balaban J connectivity index is 0.00000341. The number of benzene rings is 1.